The van der Waals surface area contributed by atoms with Crippen LogP contribution in [-0.4, -0.2) is 15.8 Å². The van der Waals surface area contributed by atoms with Crippen molar-refractivity contribution in [3.63, 3.8) is 0 Å². The molecule has 0 saturated heterocycles. The third kappa shape index (κ3) is 7.27. The first-order valence-corrected chi connectivity index (χ1v) is 30.8. The van der Waals surface area contributed by atoms with Crippen molar-refractivity contribution in [1.82, 2.24) is 9.13 Å². The van der Waals surface area contributed by atoms with Crippen LogP contribution in [0.1, 0.15) is 26.3 Å². The minimum absolute atomic E-state index is 0.224. The maximum Gasteiger partial charge on any atom is 0.252 e. The van der Waals surface area contributed by atoms with Crippen LogP contribution in [-0.2, 0) is 5.41 Å². The summed E-state index contributed by atoms with van der Waals surface area (Å²) >= 11 is 0. The molecule has 17 aromatic rings. The molecule has 418 valence electrons. The molecule has 0 saturated carbocycles. The molecular formula is C82H55BN4O2. The Morgan fingerprint density at radius 2 is 0.652 bits per heavy atom. The van der Waals surface area contributed by atoms with Gasteiger partial charge in [-0.1, -0.05) is 203 Å². The second-order valence-electron chi connectivity index (χ2n) is 25.2. The fraction of sp³-hybridized carbons (Fsp3) is 0.0488. The van der Waals surface area contributed by atoms with Crippen molar-refractivity contribution in [3.8, 4) is 33.6 Å². The van der Waals surface area contributed by atoms with Crippen molar-refractivity contribution in [1.29, 1.82) is 0 Å². The van der Waals surface area contributed by atoms with E-state index in [1.165, 1.54) is 43.5 Å². The molecule has 2 aliphatic heterocycles. The summed E-state index contributed by atoms with van der Waals surface area (Å²) in [6.07, 6.45) is 0. The number of benzene rings is 13. The van der Waals surface area contributed by atoms with Gasteiger partial charge < -0.3 is 27.8 Å². The summed E-state index contributed by atoms with van der Waals surface area (Å²) in [6.45, 7) is 6.83. The average Bonchev–Trinajstić information content (AvgIpc) is 0.897. The van der Waals surface area contributed by atoms with E-state index in [0.717, 1.165) is 134 Å². The largest absolute Gasteiger partial charge is 0.454 e. The number of rotatable bonds is 6. The summed E-state index contributed by atoms with van der Waals surface area (Å²) in [5, 5.41) is 9.16. The van der Waals surface area contributed by atoms with Crippen molar-refractivity contribution >= 4 is 145 Å². The van der Waals surface area contributed by atoms with E-state index in [2.05, 4.69) is 319 Å². The molecule has 6 heterocycles. The van der Waals surface area contributed by atoms with E-state index in [1.54, 1.807) is 0 Å². The zero-order valence-electron chi connectivity index (χ0n) is 49.2. The number of nitrogens with zero attached hydrogens (tertiary/aromatic N) is 4. The maximum absolute atomic E-state index is 7.29. The predicted octanol–water partition coefficient (Wildman–Crippen LogP) is 20.4. The summed E-state index contributed by atoms with van der Waals surface area (Å²) in [5.74, 6) is 0. The van der Waals surface area contributed by atoms with Gasteiger partial charge in [0.1, 0.15) is 11.2 Å². The molecule has 4 aromatic heterocycles. The lowest BCUT2D eigenvalue weighted by atomic mass is 9.33. The van der Waals surface area contributed by atoms with Crippen LogP contribution in [0.2, 0.25) is 0 Å². The Labute approximate surface area is 514 Å². The molecule has 0 fully saturated rings. The molecule has 0 spiro atoms. The minimum atomic E-state index is -0.310. The van der Waals surface area contributed by atoms with Gasteiger partial charge in [0.05, 0.1) is 33.4 Å². The quantitative estimate of drug-likeness (QED) is 0.156. The highest BCUT2D eigenvalue weighted by Gasteiger charge is 2.46. The highest BCUT2D eigenvalue weighted by Crippen LogP contribution is 2.53. The van der Waals surface area contributed by atoms with Crippen LogP contribution < -0.4 is 26.2 Å². The second kappa shape index (κ2) is 18.6. The Kier molecular flexibility index (Phi) is 10.4. The number of hydrogen-bond donors (Lipinski definition) is 0. The first-order chi connectivity index (χ1) is 43.8. The van der Waals surface area contributed by atoms with Gasteiger partial charge in [-0.05, 0) is 147 Å². The highest BCUT2D eigenvalue weighted by molar-refractivity contribution is 7.00. The maximum atomic E-state index is 7.29. The van der Waals surface area contributed by atoms with Crippen LogP contribution in [0.4, 0.5) is 34.1 Å². The van der Waals surface area contributed by atoms with Crippen molar-refractivity contribution in [2.24, 2.45) is 0 Å². The molecule has 89 heavy (non-hydrogen) atoms. The Morgan fingerprint density at radius 3 is 1.04 bits per heavy atom. The molecule has 0 aliphatic carbocycles. The van der Waals surface area contributed by atoms with Crippen LogP contribution in [0.5, 0.6) is 0 Å². The third-order valence-electron chi connectivity index (χ3n) is 19.2. The molecular weight excluding hydrogens is 1080 g/mol. The van der Waals surface area contributed by atoms with Gasteiger partial charge >= 0.3 is 0 Å². The summed E-state index contributed by atoms with van der Waals surface area (Å²) < 4.78 is 19.5. The first-order valence-electron chi connectivity index (χ1n) is 30.8. The number of anilines is 6. The normalized spacial score (nSPS) is 13.0. The van der Waals surface area contributed by atoms with Crippen LogP contribution >= 0.6 is 0 Å². The lowest BCUT2D eigenvalue weighted by Crippen LogP contribution is -2.61. The van der Waals surface area contributed by atoms with Crippen molar-refractivity contribution in [2.45, 2.75) is 26.2 Å². The number of furan rings is 2. The SMILES string of the molecule is CC(C)(C)c1cc2c3c(c1)N(c1cc(-c4ccccc4)cc4c1oc1ccccc14)c1cc(-n4c5ccccc5c5ccccc54)ccc1B3c1ccc(-n3c4ccccc4c4ccccc43)cc1N2c1cc(-c2ccccc2)cc2c1oc1ccccc12. The lowest BCUT2D eigenvalue weighted by Gasteiger charge is -2.45. The Morgan fingerprint density at radius 1 is 0.292 bits per heavy atom. The number of hydrogen-bond acceptors (Lipinski definition) is 4. The van der Waals surface area contributed by atoms with E-state index in [-0.39, 0.29) is 12.1 Å². The molecule has 0 bridgehead atoms. The Balaban J connectivity index is 0.978. The first kappa shape index (κ1) is 49.9. The van der Waals surface area contributed by atoms with E-state index < -0.39 is 0 Å². The molecule has 7 heteroatoms. The molecule has 0 atom stereocenters. The zero-order valence-corrected chi connectivity index (χ0v) is 49.2. The van der Waals surface area contributed by atoms with Gasteiger partial charge in [0.2, 0.25) is 0 Å². The van der Waals surface area contributed by atoms with Gasteiger partial charge in [-0.3, -0.25) is 0 Å². The predicted molar refractivity (Wildman–Crippen MR) is 373 cm³/mol. The average molecular weight is 1140 g/mol. The van der Waals surface area contributed by atoms with E-state index >= 15 is 0 Å². The van der Waals surface area contributed by atoms with Crippen LogP contribution in [0.25, 0.3) is 121 Å². The molecule has 0 N–H and O–H groups in total. The molecule has 0 unspecified atom stereocenters. The third-order valence-corrected chi connectivity index (χ3v) is 19.2. The molecule has 0 amide bonds. The molecule has 2 aliphatic rings. The fourth-order valence-corrected chi connectivity index (χ4v) is 15.1. The Bertz CT molecular complexity index is 5370. The molecule has 0 radical (unpaired) electrons. The summed E-state index contributed by atoms with van der Waals surface area (Å²) in [4.78, 5) is 5.14. The number of aromatic nitrogens is 2. The number of fused-ring (bicyclic) bond motifs is 16. The van der Waals surface area contributed by atoms with Gasteiger partial charge in [0.15, 0.2) is 11.2 Å². The minimum Gasteiger partial charge on any atom is -0.454 e. The molecule has 13 aromatic carbocycles. The van der Waals surface area contributed by atoms with Gasteiger partial charge in [0.25, 0.3) is 6.71 Å². The monoisotopic (exact) mass is 1140 g/mol. The van der Waals surface area contributed by atoms with Crippen LogP contribution in [0.15, 0.2) is 288 Å². The summed E-state index contributed by atoms with van der Waals surface area (Å²) in [6, 6.07) is 103. The van der Waals surface area contributed by atoms with Crippen molar-refractivity contribution in [2.75, 3.05) is 9.80 Å². The van der Waals surface area contributed by atoms with Gasteiger partial charge in [-0.15, -0.1) is 0 Å². The van der Waals surface area contributed by atoms with Gasteiger partial charge in [-0.25, -0.2) is 0 Å². The van der Waals surface area contributed by atoms with E-state index in [1.807, 2.05) is 0 Å². The summed E-state index contributed by atoms with van der Waals surface area (Å²) in [7, 11) is 0. The van der Waals surface area contributed by atoms with Gasteiger partial charge in [0, 0.05) is 77.2 Å². The van der Waals surface area contributed by atoms with E-state index in [9.17, 15) is 0 Å². The van der Waals surface area contributed by atoms with E-state index in [0.29, 0.717) is 0 Å². The van der Waals surface area contributed by atoms with Crippen LogP contribution in [0, 0.1) is 0 Å². The lowest BCUT2D eigenvalue weighted by molar-refractivity contribution is 0.590. The van der Waals surface area contributed by atoms with Crippen molar-refractivity contribution < 1.29 is 8.83 Å². The Hall–Kier alpha value is -11.3. The standard InChI is InChI=1S/C82H55BN4O2/c1-82(2,3)54-46-73-79-74(47-54)87(76-45-53(51-24-8-5-9-25-51)43-64-62-31-15-21-37-78(62)89-81(64)76)72-49-56(85-69-34-18-12-28-59(69)60-29-13-19-35-70(60)85)39-41-66(72)83(79)65-40-38-55(84-67-32-16-10-26-57(67)58-27-11-17-33-68(58)84)48-71(65)86(73)75-44-52(50-22-6-4-7-23-50)42-63-61-30-14-20-36-77(61)88-80(63)75/h4-49H,1-3H3. The second-order valence-corrected chi connectivity index (χ2v) is 25.2. The van der Waals surface area contributed by atoms with Crippen molar-refractivity contribution in [3.05, 3.63) is 285 Å². The molecule has 6 nitrogen and oxygen atoms in total. The summed E-state index contributed by atoms with van der Waals surface area (Å²) in [5.41, 5.74) is 25.4. The topological polar surface area (TPSA) is 42.6 Å². The fourth-order valence-electron chi connectivity index (χ4n) is 15.1. The van der Waals surface area contributed by atoms with Crippen LogP contribution in [0.3, 0.4) is 0 Å². The number of para-hydroxylation sites is 6. The smallest absolute Gasteiger partial charge is 0.252 e. The van der Waals surface area contributed by atoms with Gasteiger partial charge in [-0.2, -0.15) is 0 Å². The van der Waals surface area contributed by atoms with E-state index in [4.69, 9.17) is 8.83 Å². The highest BCUT2D eigenvalue weighted by atomic mass is 16.3. The zero-order chi connectivity index (χ0) is 58.8. The molecule has 19 rings (SSSR count).